The van der Waals surface area contributed by atoms with Crippen molar-refractivity contribution in [2.75, 3.05) is 5.73 Å². The fourth-order valence-corrected chi connectivity index (χ4v) is 2.00. The standard InChI is InChI=1S/C14H18N2O/c1-9-4-5-10(2)12(8-9)6-7-13-11(3)16-14(15)17-13/h4-5,8H,6-7H2,1-3H3,(H2,15,16). The van der Waals surface area contributed by atoms with Crippen molar-refractivity contribution >= 4 is 6.01 Å². The first-order chi connectivity index (χ1) is 8.06. The monoisotopic (exact) mass is 230 g/mol. The van der Waals surface area contributed by atoms with E-state index < -0.39 is 0 Å². The van der Waals surface area contributed by atoms with Gasteiger partial charge in [-0.25, -0.2) is 0 Å². The Bertz CT molecular complexity index is 529. The van der Waals surface area contributed by atoms with E-state index in [-0.39, 0.29) is 6.01 Å². The van der Waals surface area contributed by atoms with Crippen molar-refractivity contribution in [2.24, 2.45) is 0 Å². The maximum Gasteiger partial charge on any atom is 0.292 e. The Labute approximate surface area is 102 Å². The largest absolute Gasteiger partial charge is 0.429 e. The lowest BCUT2D eigenvalue weighted by Gasteiger charge is -2.06. The van der Waals surface area contributed by atoms with Crippen molar-refractivity contribution in [2.45, 2.75) is 33.6 Å². The molecule has 1 heterocycles. The summed E-state index contributed by atoms with van der Waals surface area (Å²) in [5, 5.41) is 0. The summed E-state index contributed by atoms with van der Waals surface area (Å²) < 4.78 is 5.37. The van der Waals surface area contributed by atoms with Crippen LogP contribution < -0.4 is 5.73 Å². The number of aromatic nitrogens is 1. The summed E-state index contributed by atoms with van der Waals surface area (Å²) in [5.41, 5.74) is 10.4. The first-order valence-electron chi connectivity index (χ1n) is 5.84. The van der Waals surface area contributed by atoms with Crippen LogP contribution in [0.5, 0.6) is 0 Å². The molecule has 0 atom stereocenters. The van der Waals surface area contributed by atoms with Gasteiger partial charge in [0.25, 0.3) is 6.01 Å². The van der Waals surface area contributed by atoms with Crippen LogP contribution >= 0.6 is 0 Å². The summed E-state index contributed by atoms with van der Waals surface area (Å²) >= 11 is 0. The maximum absolute atomic E-state index is 5.52. The minimum absolute atomic E-state index is 0.262. The molecular formula is C14H18N2O. The summed E-state index contributed by atoms with van der Waals surface area (Å²) in [6, 6.07) is 6.78. The third kappa shape index (κ3) is 2.67. The van der Waals surface area contributed by atoms with Gasteiger partial charge in [-0.2, -0.15) is 4.98 Å². The van der Waals surface area contributed by atoms with Crippen molar-refractivity contribution in [3.05, 3.63) is 46.3 Å². The molecule has 1 aromatic heterocycles. The minimum Gasteiger partial charge on any atom is -0.429 e. The fourth-order valence-electron chi connectivity index (χ4n) is 2.00. The van der Waals surface area contributed by atoms with E-state index in [1.165, 1.54) is 16.7 Å². The molecule has 1 aromatic carbocycles. The van der Waals surface area contributed by atoms with Gasteiger partial charge in [-0.3, -0.25) is 0 Å². The average Bonchev–Trinajstić information content (AvgIpc) is 2.59. The van der Waals surface area contributed by atoms with Crippen LogP contribution in [-0.4, -0.2) is 4.98 Å². The molecule has 2 rings (SSSR count). The lowest BCUT2D eigenvalue weighted by atomic mass is 10.0. The van der Waals surface area contributed by atoms with Crippen LogP contribution in [0.3, 0.4) is 0 Å². The van der Waals surface area contributed by atoms with E-state index in [2.05, 4.69) is 37.0 Å². The highest BCUT2D eigenvalue weighted by molar-refractivity contribution is 5.31. The van der Waals surface area contributed by atoms with E-state index in [0.717, 1.165) is 24.3 Å². The van der Waals surface area contributed by atoms with Crippen LogP contribution in [0.4, 0.5) is 6.01 Å². The highest BCUT2D eigenvalue weighted by Gasteiger charge is 2.08. The number of oxazole rings is 1. The second-order valence-corrected chi connectivity index (χ2v) is 4.49. The Morgan fingerprint density at radius 1 is 1.18 bits per heavy atom. The lowest BCUT2D eigenvalue weighted by molar-refractivity contribution is 0.519. The van der Waals surface area contributed by atoms with Crippen molar-refractivity contribution in [3.63, 3.8) is 0 Å². The Hall–Kier alpha value is -1.77. The first-order valence-corrected chi connectivity index (χ1v) is 5.84. The van der Waals surface area contributed by atoms with Crippen LogP contribution in [0.1, 0.15) is 28.1 Å². The summed E-state index contributed by atoms with van der Waals surface area (Å²) in [5.74, 6) is 0.892. The van der Waals surface area contributed by atoms with E-state index in [1.807, 2.05) is 6.92 Å². The molecule has 0 fully saturated rings. The van der Waals surface area contributed by atoms with Crippen molar-refractivity contribution in [1.82, 2.24) is 4.98 Å². The molecule has 0 unspecified atom stereocenters. The molecule has 17 heavy (non-hydrogen) atoms. The van der Waals surface area contributed by atoms with Crippen LogP contribution in [0.2, 0.25) is 0 Å². The topological polar surface area (TPSA) is 52.0 Å². The van der Waals surface area contributed by atoms with Crippen LogP contribution in [0.25, 0.3) is 0 Å². The van der Waals surface area contributed by atoms with E-state index >= 15 is 0 Å². The Balaban J connectivity index is 2.12. The first kappa shape index (κ1) is 11.7. The predicted molar refractivity (Wildman–Crippen MR) is 69.0 cm³/mol. The highest BCUT2D eigenvalue weighted by atomic mass is 16.4. The van der Waals surface area contributed by atoms with Crippen molar-refractivity contribution in [3.8, 4) is 0 Å². The van der Waals surface area contributed by atoms with Crippen LogP contribution in [0, 0.1) is 20.8 Å². The minimum atomic E-state index is 0.262. The number of nitrogens with two attached hydrogens (primary N) is 1. The van der Waals surface area contributed by atoms with Gasteiger partial charge >= 0.3 is 0 Å². The normalized spacial score (nSPS) is 10.8. The number of benzene rings is 1. The van der Waals surface area contributed by atoms with Gasteiger partial charge in [0, 0.05) is 6.42 Å². The molecule has 0 radical (unpaired) electrons. The molecule has 0 spiro atoms. The number of rotatable bonds is 3. The van der Waals surface area contributed by atoms with E-state index in [9.17, 15) is 0 Å². The van der Waals surface area contributed by atoms with Crippen molar-refractivity contribution < 1.29 is 4.42 Å². The fraction of sp³-hybridized carbons (Fsp3) is 0.357. The van der Waals surface area contributed by atoms with Crippen molar-refractivity contribution in [1.29, 1.82) is 0 Å². The number of hydrogen-bond acceptors (Lipinski definition) is 3. The SMILES string of the molecule is Cc1ccc(C)c(CCc2oc(N)nc2C)c1. The molecule has 0 saturated heterocycles. The van der Waals surface area contributed by atoms with Gasteiger partial charge in [-0.05, 0) is 38.3 Å². The molecule has 2 aromatic rings. The molecule has 0 saturated carbocycles. The third-order valence-electron chi connectivity index (χ3n) is 3.04. The van der Waals surface area contributed by atoms with E-state index in [1.54, 1.807) is 0 Å². The Morgan fingerprint density at radius 3 is 2.59 bits per heavy atom. The Morgan fingerprint density at radius 2 is 1.94 bits per heavy atom. The molecule has 0 aliphatic heterocycles. The summed E-state index contributed by atoms with van der Waals surface area (Å²) in [4.78, 5) is 4.07. The maximum atomic E-state index is 5.52. The number of aryl methyl sites for hydroxylation is 5. The smallest absolute Gasteiger partial charge is 0.292 e. The molecule has 90 valence electrons. The highest BCUT2D eigenvalue weighted by Crippen LogP contribution is 2.17. The molecule has 0 amide bonds. The second kappa shape index (κ2) is 4.62. The van der Waals surface area contributed by atoms with Gasteiger partial charge < -0.3 is 10.2 Å². The zero-order valence-corrected chi connectivity index (χ0v) is 10.6. The summed E-state index contributed by atoms with van der Waals surface area (Å²) in [6.07, 6.45) is 1.81. The molecule has 0 aliphatic carbocycles. The molecular weight excluding hydrogens is 212 g/mol. The molecule has 0 bridgehead atoms. The number of hydrogen-bond donors (Lipinski definition) is 1. The average molecular weight is 230 g/mol. The molecule has 0 aliphatic rings. The Kier molecular flexibility index (Phi) is 3.18. The van der Waals surface area contributed by atoms with Crippen LogP contribution in [0.15, 0.2) is 22.6 Å². The third-order valence-corrected chi connectivity index (χ3v) is 3.04. The van der Waals surface area contributed by atoms with Crippen LogP contribution in [-0.2, 0) is 12.8 Å². The summed E-state index contributed by atoms with van der Waals surface area (Å²) in [6.45, 7) is 6.18. The zero-order chi connectivity index (χ0) is 12.4. The van der Waals surface area contributed by atoms with Gasteiger partial charge in [0.1, 0.15) is 5.76 Å². The number of nitrogens with zero attached hydrogens (tertiary/aromatic N) is 1. The lowest BCUT2D eigenvalue weighted by Crippen LogP contribution is -1.95. The van der Waals surface area contributed by atoms with Gasteiger partial charge in [-0.1, -0.05) is 23.8 Å². The zero-order valence-electron chi connectivity index (χ0n) is 10.6. The van der Waals surface area contributed by atoms with E-state index in [0.29, 0.717) is 0 Å². The molecule has 3 heteroatoms. The summed E-state index contributed by atoms with van der Waals surface area (Å²) in [7, 11) is 0. The van der Waals surface area contributed by atoms with Gasteiger partial charge in [0.15, 0.2) is 0 Å². The van der Waals surface area contributed by atoms with Gasteiger partial charge in [0.05, 0.1) is 5.69 Å². The second-order valence-electron chi connectivity index (χ2n) is 4.49. The van der Waals surface area contributed by atoms with Gasteiger partial charge in [-0.15, -0.1) is 0 Å². The van der Waals surface area contributed by atoms with E-state index in [4.69, 9.17) is 10.2 Å². The predicted octanol–water partition coefficient (Wildman–Crippen LogP) is 2.97. The number of anilines is 1. The molecule has 2 N–H and O–H groups in total. The quantitative estimate of drug-likeness (QED) is 0.882. The van der Waals surface area contributed by atoms with Gasteiger partial charge in [0.2, 0.25) is 0 Å². The molecule has 3 nitrogen and oxygen atoms in total. The number of nitrogen functional groups attached to an aromatic ring is 1.